The summed E-state index contributed by atoms with van der Waals surface area (Å²) in [6.07, 6.45) is 2.16. The number of aryl methyl sites for hydroxylation is 2. The van der Waals surface area contributed by atoms with Gasteiger partial charge in [-0.05, 0) is 44.0 Å². The standard InChI is InChI=1S/C23H21N7O4S2/c1-4-19-29-30-20(31)10-16(25-23(30)36-19)12-34-17-7-6-14(9-18(17)33-5-2)8-15(11-24)21(32)26-22-28-27-13(3)35-22/h6-10H,4-5,12H2,1-3H3,(H,26,28,32)/b15-8-. The highest BCUT2D eigenvalue weighted by molar-refractivity contribution is 7.16. The summed E-state index contributed by atoms with van der Waals surface area (Å²) in [5.41, 5.74) is 0.660. The monoisotopic (exact) mass is 523 g/mol. The Morgan fingerprint density at radius 3 is 2.72 bits per heavy atom. The van der Waals surface area contributed by atoms with Gasteiger partial charge in [-0.3, -0.25) is 14.9 Å². The molecule has 0 saturated carbocycles. The minimum Gasteiger partial charge on any atom is -0.490 e. The summed E-state index contributed by atoms with van der Waals surface area (Å²) >= 11 is 2.57. The van der Waals surface area contributed by atoms with Gasteiger partial charge >= 0.3 is 0 Å². The molecule has 0 radical (unpaired) electrons. The van der Waals surface area contributed by atoms with Crippen molar-refractivity contribution in [3.8, 4) is 17.6 Å². The van der Waals surface area contributed by atoms with Crippen LogP contribution in [-0.4, -0.2) is 37.3 Å². The van der Waals surface area contributed by atoms with Crippen molar-refractivity contribution in [2.45, 2.75) is 33.8 Å². The number of anilines is 1. The van der Waals surface area contributed by atoms with Crippen molar-refractivity contribution in [1.29, 1.82) is 5.26 Å². The molecule has 4 aromatic rings. The first-order valence-electron chi connectivity index (χ1n) is 10.9. The third-order valence-electron chi connectivity index (χ3n) is 4.71. The Balaban J connectivity index is 1.53. The van der Waals surface area contributed by atoms with Gasteiger partial charge in [0.2, 0.25) is 10.1 Å². The molecule has 0 bridgehead atoms. The Bertz CT molecular complexity index is 1550. The van der Waals surface area contributed by atoms with Gasteiger partial charge in [0, 0.05) is 6.07 Å². The van der Waals surface area contributed by atoms with Crippen LogP contribution in [0, 0.1) is 18.3 Å². The van der Waals surface area contributed by atoms with E-state index in [0.29, 0.717) is 44.5 Å². The van der Waals surface area contributed by atoms with E-state index in [1.807, 2.05) is 19.9 Å². The zero-order chi connectivity index (χ0) is 25.7. The average Bonchev–Trinajstić information content (AvgIpc) is 3.47. The quantitative estimate of drug-likeness (QED) is 0.258. The predicted octanol–water partition coefficient (Wildman–Crippen LogP) is 3.40. The van der Waals surface area contributed by atoms with Crippen molar-refractivity contribution in [1.82, 2.24) is 24.8 Å². The van der Waals surface area contributed by atoms with E-state index in [2.05, 4.69) is 25.6 Å². The fourth-order valence-electron chi connectivity index (χ4n) is 3.09. The third kappa shape index (κ3) is 5.73. The minimum atomic E-state index is -0.589. The molecule has 0 aliphatic rings. The number of nitriles is 1. The van der Waals surface area contributed by atoms with Gasteiger partial charge in [0.15, 0.2) is 11.5 Å². The largest absolute Gasteiger partial charge is 0.490 e. The number of hydrogen-bond acceptors (Lipinski definition) is 11. The number of carbonyl (C=O) groups excluding carboxylic acids is 1. The van der Waals surface area contributed by atoms with Gasteiger partial charge in [0.05, 0.1) is 12.3 Å². The van der Waals surface area contributed by atoms with E-state index in [1.54, 1.807) is 25.1 Å². The highest BCUT2D eigenvalue weighted by atomic mass is 32.1. The molecule has 0 spiro atoms. The highest BCUT2D eigenvalue weighted by Gasteiger charge is 2.14. The molecule has 0 fully saturated rings. The zero-order valence-electron chi connectivity index (χ0n) is 19.6. The lowest BCUT2D eigenvalue weighted by molar-refractivity contribution is -0.112. The molecule has 3 heterocycles. The molecule has 1 amide bonds. The van der Waals surface area contributed by atoms with E-state index in [4.69, 9.17) is 9.47 Å². The SMILES string of the molecule is CCOc1cc(/C=C(/C#N)C(=O)Nc2nnc(C)s2)ccc1OCc1cc(=O)n2nc(CC)sc2n1. The summed E-state index contributed by atoms with van der Waals surface area (Å²) in [7, 11) is 0. The number of ether oxygens (including phenoxy) is 2. The third-order valence-corrected chi connectivity index (χ3v) is 6.51. The smallest absolute Gasteiger partial charge is 0.275 e. The summed E-state index contributed by atoms with van der Waals surface area (Å²) in [5, 5.41) is 25.8. The minimum absolute atomic E-state index is 0.0491. The van der Waals surface area contributed by atoms with Crippen LogP contribution in [0.3, 0.4) is 0 Å². The molecule has 0 atom stereocenters. The van der Waals surface area contributed by atoms with Gasteiger partial charge in [-0.15, -0.1) is 10.2 Å². The van der Waals surface area contributed by atoms with Gasteiger partial charge in [-0.2, -0.15) is 14.9 Å². The van der Waals surface area contributed by atoms with Crippen molar-refractivity contribution >= 4 is 44.7 Å². The van der Waals surface area contributed by atoms with E-state index in [9.17, 15) is 14.9 Å². The van der Waals surface area contributed by atoms with E-state index in [0.717, 1.165) is 11.4 Å². The number of benzene rings is 1. The average molecular weight is 524 g/mol. The topological polar surface area (TPSA) is 144 Å². The van der Waals surface area contributed by atoms with Crippen molar-refractivity contribution < 1.29 is 14.3 Å². The molecule has 0 aliphatic heterocycles. The maximum absolute atomic E-state index is 12.5. The number of amides is 1. The van der Waals surface area contributed by atoms with Crippen molar-refractivity contribution in [2.24, 2.45) is 0 Å². The molecule has 0 saturated heterocycles. The first-order valence-corrected chi connectivity index (χ1v) is 12.5. The Morgan fingerprint density at radius 2 is 2.03 bits per heavy atom. The molecule has 3 aromatic heterocycles. The van der Waals surface area contributed by atoms with E-state index in [-0.39, 0.29) is 17.7 Å². The molecule has 1 aromatic carbocycles. The van der Waals surface area contributed by atoms with Crippen LogP contribution in [-0.2, 0) is 17.8 Å². The molecule has 4 rings (SSSR count). The lowest BCUT2D eigenvalue weighted by Gasteiger charge is -2.12. The zero-order valence-corrected chi connectivity index (χ0v) is 21.3. The van der Waals surface area contributed by atoms with Crippen molar-refractivity contribution in [3.63, 3.8) is 0 Å². The fraction of sp³-hybridized carbons (Fsp3) is 0.261. The van der Waals surface area contributed by atoms with E-state index >= 15 is 0 Å². The molecule has 13 heteroatoms. The van der Waals surface area contributed by atoms with Crippen LogP contribution in [0.5, 0.6) is 11.5 Å². The highest BCUT2D eigenvalue weighted by Crippen LogP contribution is 2.30. The van der Waals surface area contributed by atoms with Crippen LogP contribution in [0.4, 0.5) is 5.13 Å². The van der Waals surface area contributed by atoms with Crippen LogP contribution in [0.15, 0.2) is 34.6 Å². The second kappa shape index (κ2) is 11.1. The molecular weight excluding hydrogens is 502 g/mol. The molecule has 184 valence electrons. The van der Waals surface area contributed by atoms with E-state index < -0.39 is 5.91 Å². The number of aromatic nitrogens is 5. The second-order valence-electron chi connectivity index (χ2n) is 7.31. The molecule has 0 aliphatic carbocycles. The van der Waals surface area contributed by atoms with Crippen molar-refractivity contribution in [3.05, 3.63) is 61.5 Å². The summed E-state index contributed by atoms with van der Waals surface area (Å²) in [5.74, 6) is 0.267. The van der Waals surface area contributed by atoms with Crippen LogP contribution in [0.2, 0.25) is 0 Å². The first kappa shape index (κ1) is 25.0. The Hall–Kier alpha value is -4.15. The predicted molar refractivity (Wildman–Crippen MR) is 135 cm³/mol. The number of nitrogens with one attached hydrogen (secondary N) is 1. The Morgan fingerprint density at radius 1 is 1.19 bits per heavy atom. The van der Waals surface area contributed by atoms with Crippen LogP contribution >= 0.6 is 22.7 Å². The summed E-state index contributed by atoms with van der Waals surface area (Å²) < 4.78 is 12.9. The normalized spacial score (nSPS) is 11.3. The number of carbonyl (C=O) groups is 1. The lowest BCUT2D eigenvalue weighted by Crippen LogP contribution is -2.16. The maximum Gasteiger partial charge on any atom is 0.275 e. The fourth-order valence-corrected chi connectivity index (χ4v) is 4.54. The van der Waals surface area contributed by atoms with E-state index in [1.165, 1.54) is 39.3 Å². The van der Waals surface area contributed by atoms with Crippen LogP contribution < -0.4 is 20.3 Å². The van der Waals surface area contributed by atoms with Crippen molar-refractivity contribution in [2.75, 3.05) is 11.9 Å². The Labute approximate surface area is 213 Å². The number of nitrogens with zero attached hydrogens (tertiary/aromatic N) is 6. The van der Waals surface area contributed by atoms with Gasteiger partial charge in [-0.25, -0.2) is 4.98 Å². The molecule has 1 N–H and O–H groups in total. The second-order valence-corrected chi connectivity index (χ2v) is 9.53. The number of fused-ring (bicyclic) bond motifs is 1. The summed E-state index contributed by atoms with van der Waals surface area (Å²) in [4.78, 5) is 29.8. The van der Waals surface area contributed by atoms with Crippen LogP contribution in [0.1, 0.15) is 35.1 Å². The molecular formula is C23H21N7O4S2. The van der Waals surface area contributed by atoms with Gasteiger partial charge in [-0.1, -0.05) is 35.7 Å². The lowest BCUT2D eigenvalue weighted by atomic mass is 10.1. The van der Waals surface area contributed by atoms with Gasteiger partial charge in [0.1, 0.15) is 28.3 Å². The molecule has 0 unspecified atom stereocenters. The summed E-state index contributed by atoms with van der Waals surface area (Å²) in [6.45, 7) is 5.98. The summed E-state index contributed by atoms with van der Waals surface area (Å²) in [6, 6.07) is 8.33. The first-order chi connectivity index (χ1) is 17.4. The number of hydrogen-bond donors (Lipinski definition) is 1. The van der Waals surface area contributed by atoms with Gasteiger partial charge in [0.25, 0.3) is 11.5 Å². The maximum atomic E-state index is 12.5. The van der Waals surface area contributed by atoms with Crippen LogP contribution in [0.25, 0.3) is 11.0 Å². The van der Waals surface area contributed by atoms with Gasteiger partial charge < -0.3 is 9.47 Å². The molecule has 36 heavy (non-hydrogen) atoms. The molecule has 11 nitrogen and oxygen atoms in total. The number of rotatable bonds is 9. The Kier molecular flexibility index (Phi) is 7.67.